The Morgan fingerprint density at radius 2 is 2.06 bits per heavy atom. The number of hydrogen-bond donors (Lipinski definition) is 2. The van der Waals surface area contributed by atoms with E-state index in [9.17, 15) is 8.42 Å². The fraction of sp³-hybridized carbons (Fsp3) is 1.00. The molecule has 6 heteroatoms. The summed E-state index contributed by atoms with van der Waals surface area (Å²) in [6.45, 7) is 6.78. The van der Waals surface area contributed by atoms with Gasteiger partial charge in [0.25, 0.3) is 0 Å². The van der Waals surface area contributed by atoms with Crippen LogP contribution in [0.4, 0.5) is 0 Å². The van der Waals surface area contributed by atoms with Crippen LogP contribution in [0.3, 0.4) is 0 Å². The van der Waals surface area contributed by atoms with Gasteiger partial charge in [-0.2, -0.15) is 0 Å². The van der Waals surface area contributed by atoms with Crippen molar-refractivity contribution < 1.29 is 13.2 Å². The molecular formula is C12H26N2O3S. The van der Waals surface area contributed by atoms with Crippen molar-refractivity contribution in [3.05, 3.63) is 0 Å². The molecule has 0 bridgehead atoms. The summed E-state index contributed by atoms with van der Waals surface area (Å²) >= 11 is 0. The Balaban J connectivity index is 2.22. The summed E-state index contributed by atoms with van der Waals surface area (Å²) in [5.74, 6) is 0.781. The number of ether oxygens (including phenoxy) is 1. The van der Waals surface area contributed by atoms with E-state index in [4.69, 9.17) is 4.74 Å². The number of piperidine rings is 1. The van der Waals surface area contributed by atoms with Crippen molar-refractivity contribution in [3.63, 3.8) is 0 Å². The third kappa shape index (κ3) is 6.68. The van der Waals surface area contributed by atoms with Gasteiger partial charge in [-0.25, -0.2) is 13.1 Å². The molecule has 1 atom stereocenters. The van der Waals surface area contributed by atoms with E-state index in [0.29, 0.717) is 19.1 Å². The maximum atomic E-state index is 11.8. The van der Waals surface area contributed by atoms with Crippen LogP contribution in [0.2, 0.25) is 0 Å². The van der Waals surface area contributed by atoms with Gasteiger partial charge in [-0.05, 0) is 52.1 Å². The molecule has 5 nitrogen and oxygen atoms in total. The van der Waals surface area contributed by atoms with Gasteiger partial charge in [0.2, 0.25) is 10.0 Å². The lowest BCUT2D eigenvalue weighted by Crippen LogP contribution is -2.35. The zero-order valence-electron chi connectivity index (χ0n) is 11.4. The lowest BCUT2D eigenvalue weighted by atomic mass is 9.96. The summed E-state index contributed by atoms with van der Waals surface area (Å²) in [4.78, 5) is 0. The van der Waals surface area contributed by atoms with Crippen LogP contribution in [-0.4, -0.2) is 46.5 Å². The molecule has 1 fully saturated rings. The molecule has 1 unspecified atom stereocenters. The number of nitrogens with one attached hydrogen (secondary N) is 2. The van der Waals surface area contributed by atoms with Crippen LogP contribution in [-0.2, 0) is 14.8 Å². The molecule has 0 spiro atoms. The summed E-state index contributed by atoms with van der Waals surface area (Å²) in [6, 6.07) is 0. The van der Waals surface area contributed by atoms with Crippen molar-refractivity contribution in [3.8, 4) is 0 Å². The van der Waals surface area contributed by atoms with Crippen molar-refractivity contribution in [2.45, 2.75) is 39.2 Å². The van der Waals surface area contributed by atoms with E-state index in [2.05, 4.69) is 10.0 Å². The largest absolute Gasteiger partial charge is 0.377 e. The normalized spacial score (nSPS) is 19.9. The smallest absolute Gasteiger partial charge is 0.211 e. The molecule has 108 valence electrons. The third-order valence-electron chi connectivity index (χ3n) is 3.30. The third-order valence-corrected chi connectivity index (χ3v) is 4.68. The number of rotatable bonds is 8. The first-order valence-corrected chi connectivity index (χ1v) is 8.48. The van der Waals surface area contributed by atoms with Crippen LogP contribution in [0.25, 0.3) is 0 Å². The maximum absolute atomic E-state index is 11.8. The molecular weight excluding hydrogens is 252 g/mol. The van der Waals surface area contributed by atoms with Gasteiger partial charge in [0.15, 0.2) is 0 Å². The minimum absolute atomic E-state index is 0.0661. The lowest BCUT2D eigenvalue weighted by molar-refractivity contribution is 0.0799. The molecule has 1 aliphatic heterocycles. The molecule has 1 saturated heterocycles. The summed E-state index contributed by atoms with van der Waals surface area (Å²) in [5.41, 5.74) is 0. The minimum atomic E-state index is -3.14. The maximum Gasteiger partial charge on any atom is 0.211 e. The fourth-order valence-electron chi connectivity index (χ4n) is 2.15. The highest BCUT2D eigenvalue weighted by atomic mass is 32.2. The topological polar surface area (TPSA) is 67.4 Å². The van der Waals surface area contributed by atoms with Crippen molar-refractivity contribution >= 4 is 10.0 Å². The average molecular weight is 278 g/mol. The number of sulfonamides is 1. The fourth-order valence-corrected chi connectivity index (χ4v) is 3.43. The van der Waals surface area contributed by atoms with Crippen molar-refractivity contribution in [1.29, 1.82) is 0 Å². The van der Waals surface area contributed by atoms with E-state index in [-0.39, 0.29) is 11.9 Å². The van der Waals surface area contributed by atoms with Crippen molar-refractivity contribution in [2.24, 2.45) is 5.92 Å². The number of hydrogen-bond acceptors (Lipinski definition) is 4. The van der Waals surface area contributed by atoms with Gasteiger partial charge in [0, 0.05) is 13.2 Å². The first-order valence-electron chi connectivity index (χ1n) is 6.83. The molecule has 0 aliphatic carbocycles. The average Bonchev–Trinajstić information content (AvgIpc) is 2.36. The van der Waals surface area contributed by atoms with Crippen LogP contribution < -0.4 is 10.0 Å². The Morgan fingerprint density at radius 1 is 1.39 bits per heavy atom. The van der Waals surface area contributed by atoms with Gasteiger partial charge in [-0.3, -0.25) is 0 Å². The van der Waals surface area contributed by atoms with Crippen LogP contribution in [0.1, 0.15) is 33.1 Å². The molecule has 18 heavy (non-hydrogen) atoms. The Kier molecular flexibility index (Phi) is 7.14. The predicted molar refractivity (Wildman–Crippen MR) is 73.1 cm³/mol. The highest BCUT2D eigenvalue weighted by molar-refractivity contribution is 7.89. The minimum Gasteiger partial charge on any atom is -0.377 e. The highest BCUT2D eigenvalue weighted by Gasteiger charge is 2.18. The summed E-state index contributed by atoms with van der Waals surface area (Å²) in [7, 11) is -3.14. The highest BCUT2D eigenvalue weighted by Crippen LogP contribution is 2.16. The SMILES string of the molecule is CCOC(C)CNS(=O)(=O)CCC1CCNCC1. The standard InChI is InChI=1S/C12H26N2O3S/c1-3-17-11(2)10-14-18(15,16)9-6-12-4-7-13-8-5-12/h11-14H,3-10H2,1-2H3. The molecule has 1 rings (SSSR count). The second-order valence-corrected chi connectivity index (χ2v) is 6.84. The predicted octanol–water partition coefficient (Wildman–Crippen LogP) is 0.721. The zero-order valence-corrected chi connectivity index (χ0v) is 12.3. The van der Waals surface area contributed by atoms with Crippen LogP contribution in [0, 0.1) is 5.92 Å². The van der Waals surface area contributed by atoms with E-state index in [1.165, 1.54) is 0 Å². The molecule has 2 N–H and O–H groups in total. The summed E-state index contributed by atoms with van der Waals surface area (Å²) < 4.78 is 31.5. The Hall–Kier alpha value is -0.170. The van der Waals surface area contributed by atoms with Gasteiger partial charge in [-0.1, -0.05) is 0 Å². The molecule has 0 aromatic rings. The van der Waals surface area contributed by atoms with Crippen molar-refractivity contribution in [2.75, 3.05) is 32.0 Å². The Morgan fingerprint density at radius 3 is 2.67 bits per heavy atom. The molecule has 1 aliphatic rings. The van der Waals surface area contributed by atoms with Gasteiger partial charge in [0.1, 0.15) is 0 Å². The molecule has 1 heterocycles. The second-order valence-electron chi connectivity index (χ2n) is 4.92. The molecule has 0 aromatic heterocycles. The van der Waals surface area contributed by atoms with Gasteiger partial charge < -0.3 is 10.1 Å². The van der Waals surface area contributed by atoms with E-state index in [1.807, 2.05) is 13.8 Å². The first-order chi connectivity index (χ1) is 8.53. The summed E-state index contributed by atoms with van der Waals surface area (Å²) in [6.07, 6.45) is 2.87. The molecule has 0 aromatic carbocycles. The van der Waals surface area contributed by atoms with Gasteiger partial charge >= 0.3 is 0 Å². The van der Waals surface area contributed by atoms with Gasteiger partial charge in [0.05, 0.1) is 11.9 Å². The van der Waals surface area contributed by atoms with Crippen molar-refractivity contribution in [1.82, 2.24) is 10.0 Å². The van der Waals surface area contributed by atoms with E-state index >= 15 is 0 Å². The monoisotopic (exact) mass is 278 g/mol. The van der Waals surface area contributed by atoms with Gasteiger partial charge in [-0.15, -0.1) is 0 Å². The lowest BCUT2D eigenvalue weighted by Gasteiger charge is -2.22. The first kappa shape index (κ1) is 15.9. The summed E-state index contributed by atoms with van der Waals surface area (Å²) in [5, 5.41) is 3.28. The Labute approximate surface area is 111 Å². The molecule has 0 saturated carbocycles. The van der Waals surface area contributed by atoms with E-state index in [1.54, 1.807) is 0 Å². The quantitative estimate of drug-likeness (QED) is 0.686. The van der Waals surface area contributed by atoms with E-state index in [0.717, 1.165) is 32.4 Å². The van der Waals surface area contributed by atoms with E-state index < -0.39 is 10.0 Å². The van der Waals surface area contributed by atoms with Crippen LogP contribution in [0.5, 0.6) is 0 Å². The zero-order chi connectivity index (χ0) is 13.4. The molecule has 0 amide bonds. The van der Waals surface area contributed by atoms with Crippen LogP contribution >= 0.6 is 0 Å². The second kappa shape index (κ2) is 8.09. The van der Waals surface area contributed by atoms with Crippen LogP contribution in [0.15, 0.2) is 0 Å². The Bertz CT molecular complexity index is 313. The molecule has 0 radical (unpaired) electrons.